The quantitative estimate of drug-likeness (QED) is 0.828. The van der Waals surface area contributed by atoms with Gasteiger partial charge < -0.3 is 9.67 Å². The van der Waals surface area contributed by atoms with Gasteiger partial charge in [0.25, 0.3) is 0 Å². The molecule has 16 heavy (non-hydrogen) atoms. The van der Waals surface area contributed by atoms with Crippen LogP contribution in [0.5, 0.6) is 0 Å². The maximum absolute atomic E-state index is 11.9. The molecule has 0 saturated heterocycles. The number of carbonyl (C=O) groups is 2. The van der Waals surface area contributed by atoms with Gasteiger partial charge in [-0.3, -0.25) is 4.79 Å². The number of ketones is 1. The van der Waals surface area contributed by atoms with Gasteiger partial charge in [0.2, 0.25) is 5.78 Å². The smallest absolute Gasteiger partial charge is 0.352 e. The number of hydrogen-bond donors (Lipinski definition) is 1. The molecule has 2 aromatic rings. The summed E-state index contributed by atoms with van der Waals surface area (Å²) in [5.41, 5.74) is 0.516. The highest BCUT2D eigenvalue weighted by Gasteiger charge is 2.16. The first-order valence-corrected chi connectivity index (χ1v) is 5.45. The maximum atomic E-state index is 11.9. The van der Waals surface area contributed by atoms with E-state index in [-0.39, 0.29) is 11.5 Å². The molecule has 0 aliphatic heterocycles. The van der Waals surface area contributed by atoms with E-state index in [2.05, 4.69) is 0 Å². The van der Waals surface area contributed by atoms with Crippen molar-refractivity contribution in [2.45, 2.75) is 0 Å². The fourth-order valence-corrected chi connectivity index (χ4v) is 2.14. The minimum atomic E-state index is -1.03. The average molecular weight is 235 g/mol. The Morgan fingerprint density at radius 1 is 1.44 bits per heavy atom. The molecule has 1 N–H and O–H groups in total. The molecule has 0 unspecified atom stereocenters. The number of hydrogen-bond acceptors (Lipinski definition) is 3. The number of rotatable bonds is 3. The van der Waals surface area contributed by atoms with Gasteiger partial charge >= 0.3 is 5.97 Å². The molecule has 0 amide bonds. The molecule has 0 aliphatic rings. The summed E-state index contributed by atoms with van der Waals surface area (Å²) in [6.07, 6.45) is 1.53. The summed E-state index contributed by atoms with van der Waals surface area (Å²) >= 11 is 1.34. The van der Waals surface area contributed by atoms with E-state index < -0.39 is 5.97 Å². The fourth-order valence-electron chi connectivity index (χ4n) is 1.45. The predicted octanol–water partition coefficient (Wildman–Crippen LogP) is 2.02. The van der Waals surface area contributed by atoms with Gasteiger partial charge in [-0.15, -0.1) is 11.3 Å². The van der Waals surface area contributed by atoms with Crippen LogP contribution in [-0.2, 0) is 7.05 Å². The lowest BCUT2D eigenvalue weighted by Crippen LogP contribution is -2.02. The summed E-state index contributed by atoms with van der Waals surface area (Å²) in [4.78, 5) is 23.3. The summed E-state index contributed by atoms with van der Waals surface area (Å²) < 4.78 is 1.43. The van der Waals surface area contributed by atoms with Crippen molar-refractivity contribution in [2.75, 3.05) is 0 Å². The number of carbonyl (C=O) groups excluding carboxylic acids is 1. The van der Waals surface area contributed by atoms with Crippen LogP contribution in [0.2, 0.25) is 0 Å². The van der Waals surface area contributed by atoms with E-state index in [1.165, 1.54) is 28.2 Å². The lowest BCUT2D eigenvalue weighted by molar-refractivity contribution is 0.0686. The van der Waals surface area contributed by atoms with Gasteiger partial charge in [0.15, 0.2) is 0 Å². The second-order valence-electron chi connectivity index (χ2n) is 3.34. The monoisotopic (exact) mass is 235 g/mol. The Morgan fingerprint density at radius 3 is 2.69 bits per heavy atom. The van der Waals surface area contributed by atoms with E-state index >= 15 is 0 Å². The molecular formula is C11H9NO3S. The molecule has 0 aliphatic carbocycles. The van der Waals surface area contributed by atoms with E-state index in [1.807, 2.05) is 5.38 Å². The Kier molecular flexibility index (Phi) is 2.62. The van der Waals surface area contributed by atoms with Gasteiger partial charge in [-0.05, 0) is 17.5 Å². The number of aryl methyl sites for hydroxylation is 1. The molecule has 4 nitrogen and oxygen atoms in total. The van der Waals surface area contributed by atoms with Gasteiger partial charge in [-0.1, -0.05) is 6.07 Å². The molecule has 0 spiro atoms. The number of carboxylic acids is 1. The summed E-state index contributed by atoms with van der Waals surface area (Å²) in [7, 11) is 1.61. The predicted molar refractivity (Wildman–Crippen MR) is 60.1 cm³/mol. The van der Waals surface area contributed by atoms with Crippen molar-refractivity contribution in [3.05, 3.63) is 45.9 Å². The number of nitrogens with zero attached hydrogens (tertiary/aromatic N) is 1. The zero-order valence-electron chi connectivity index (χ0n) is 8.51. The van der Waals surface area contributed by atoms with Crippen molar-refractivity contribution in [3.63, 3.8) is 0 Å². The van der Waals surface area contributed by atoms with Crippen molar-refractivity contribution < 1.29 is 14.7 Å². The number of carboxylic acid groups (broad SMARTS) is 1. The summed E-state index contributed by atoms with van der Waals surface area (Å²) in [6, 6.07) is 4.91. The first-order valence-electron chi connectivity index (χ1n) is 4.57. The Labute approximate surface area is 95.8 Å². The summed E-state index contributed by atoms with van der Waals surface area (Å²) in [6.45, 7) is 0. The van der Waals surface area contributed by atoms with Gasteiger partial charge in [-0.25, -0.2) is 4.79 Å². The van der Waals surface area contributed by atoms with Crippen LogP contribution in [0, 0.1) is 0 Å². The molecule has 0 radical (unpaired) electrons. The molecule has 2 rings (SSSR count). The molecule has 0 saturated carbocycles. The third kappa shape index (κ3) is 1.77. The second-order valence-corrected chi connectivity index (χ2v) is 4.28. The van der Waals surface area contributed by atoms with Crippen LogP contribution in [0.15, 0.2) is 29.8 Å². The van der Waals surface area contributed by atoms with E-state index in [0.29, 0.717) is 10.4 Å². The van der Waals surface area contributed by atoms with E-state index in [4.69, 9.17) is 5.11 Å². The highest BCUT2D eigenvalue weighted by molar-refractivity contribution is 7.12. The number of aromatic nitrogens is 1. The first-order chi connectivity index (χ1) is 7.59. The van der Waals surface area contributed by atoms with Gasteiger partial charge in [0.05, 0.1) is 4.88 Å². The zero-order chi connectivity index (χ0) is 11.7. The molecule has 0 aromatic carbocycles. The minimum absolute atomic E-state index is 0.111. The standard InChI is InChI=1S/C11H9NO3S/c1-12-6-7(5-8(12)11(14)15)10(13)9-3-2-4-16-9/h2-6H,1H3,(H,14,15). The van der Waals surface area contributed by atoms with E-state index in [0.717, 1.165) is 0 Å². The Hall–Kier alpha value is -1.88. The van der Waals surface area contributed by atoms with Crippen molar-refractivity contribution in [1.82, 2.24) is 4.57 Å². The van der Waals surface area contributed by atoms with Crippen molar-refractivity contribution in [1.29, 1.82) is 0 Å². The second kappa shape index (κ2) is 3.94. The van der Waals surface area contributed by atoms with E-state index in [1.54, 1.807) is 19.2 Å². The van der Waals surface area contributed by atoms with Crippen LogP contribution in [0.1, 0.15) is 25.7 Å². The lowest BCUT2D eigenvalue weighted by atomic mass is 10.2. The largest absolute Gasteiger partial charge is 0.477 e. The molecule has 2 heterocycles. The SMILES string of the molecule is Cn1cc(C(=O)c2cccs2)cc1C(=O)O. The fraction of sp³-hybridized carbons (Fsp3) is 0.0909. The Bertz CT molecular complexity index is 540. The van der Waals surface area contributed by atoms with Crippen LogP contribution in [0.25, 0.3) is 0 Å². The molecule has 0 atom stereocenters. The van der Waals surface area contributed by atoms with Gasteiger partial charge in [0.1, 0.15) is 5.69 Å². The summed E-state index contributed by atoms with van der Waals surface area (Å²) in [5, 5.41) is 10.7. The van der Waals surface area contributed by atoms with Gasteiger partial charge in [0, 0.05) is 18.8 Å². The lowest BCUT2D eigenvalue weighted by Gasteiger charge is -1.93. The van der Waals surface area contributed by atoms with Crippen LogP contribution >= 0.6 is 11.3 Å². The van der Waals surface area contributed by atoms with Crippen LogP contribution in [0.4, 0.5) is 0 Å². The van der Waals surface area contributed by atoms with E-state index in [9.17, 15) is 9.59 Å². The third-order valence-corrected chi connectivity index (χ3v) is 3.10. The maximum Gasteiger partial charge on any atom is 0.352 e. The zero-order valence-corrected chi connectivity index (χ0v) is 9.32. The van der Waals surface area contributed by atoms with Crippen LogP contribution in [-0.4, -0.2) is 21.4 Å². The Morgan fingerprint density at radius 2 is 2.19 bits per heavy atom. The Balaban J connectivity index is 2.39. The first kappa shape index (κ1) is 10.6. The molecule has 2 aromatic heterocycles. The number of aromatic carboxylic acids is 1. The minimum Gasteiger partial charge on any atom is -0.477 e. The van der Waals surface area contributed by atoms with Crippen molar-refractivity contribution in [3.8, 4) is 0 Å². The highest BCUT2D eigenvalue weighted by Crippen LogP contribution is 2.17. The highest BCUT2D eigenvalue weighted by atomic mass is 32.1. The van der Waals surface area contributed by atoms with Crippen LogP contribution in [0.3, 0.4) is 0 Å². The number of thiophene rings is 1. The summed E-state index contributed by atoms with van der Waals surface area (Å²) in [5.74, 6) is -1.18. The van der Waals surface area contributed by atoms with Gasteiger partial charge in [-0.2, -0.15) is 0 Å². The molecular weight excluding hydrogens is 226 g/mol. The molecule has 82 valence electrons. The normalized spacial score (nSPS) is 10.3. The third-order valence-electron chi connectivity index (χ3n) is 2.23. The van der Waals surface area contributed by atoms with Crippen molar-refractivity contribution >= 4 is 23.1 Å². The molecule has 5 heteroatoms. The molecule has 0 bridgehead atoms. The average Bonchev–Trinajstić information content (AvgIpc) is 2.84. The van der Waals surface area contributed by atoms with Crippen molar-refractivity contribution in [2.24, 2.45) is 7.05 Å². The van der Waals surface area contributed by atoms with Crippen LogP contribution < -0.4 is 0 Å². The topological polar surface area (TPSA) is 59.3 Å². The molecule has 0 fully saturated rings.